The van der Waals surface area contributed by atoms with Crippen molar-refractivity contribution in [2.24, 2.45) is 5.10 Å². The summed E-state index contributed by atoms with van der Waals surface area (Å²) < 4.78 is 12.9. The third-order valence-electron chi connectivity index (χ3n) is 2.84. The zero-order chi connectivity index (χ0) is 17.1. The molecule has 23 heavy (non-hydrogen) atoms. The molecule has 1 aromatic heterocycles. The Morgan fingerprint density at radius 3 is 2.39 bits per heavy atom. The maximum absolute atomic E-state index is 12.9. The molecule has 1 heterocycles. The molecule has 120 valence electrons. The number of carbonyl (C=O) groups is 1. The molecule has 0 radical (unpaired) electrons. The van der Waals surface area contributed by atoms with E-state index < -0.39 is 11.7 Å². The van der Waals surface area contributed by atoms with Crippen molar-refractivity contribution in [3.05, 3.63) is 56.5 Å². The van der Waals surface area contributed by atoms with Crippen LogP contribution in [0.15, 0.2) is 29.4 Å². The highest BCUT2D eigenvalue weighted by Crippen LogP contribution is 2.36. The van der Waals surface area contributed by atoms with Crippen molar-refractivity contribution in [1.82, 2.24) is 4.98 Å². The number of carboxylic acid groups (broad SMARTS) is 1. The van der Waals surface area contributed by atoms with E-state index in [9.17, 15) is 9.18 Å². The lowest BCUT2D eigenvalue weighted by atomic mass is 10.1. The minimum absolute atomic E-state index is 0.0206. The summed E-state index contributed by atoms with van der Waals surface area (Å²) in [5, 5.41) is 12.6. The van der Waals surface area contributed by atoms with Crippen LogP contribution in [0.1, 0.15) is 23.0 Å². The van der Waals surface area contributed by atoms with Gasteiger partial charge in [0.1, 0.15) is 15.9 Å². The number of nitrogens with zero attached hydrogens (tertiary/aromatic N) is 2. The third-order valence-corrected chi connectivity index (χ3v) is 3.94. The van der Waals surface area contributed by atoms with E-state index in [0.29, 0.717) is 11.3 Å². The summed E-state index contributed by atoms with van der Waals surface area (Å²) in [5.74, 6) is -1.72. The first-order valence-electron chi connectivity index (χ1n) is 6.15. The van der Waals surface area contributed by atoms with E-state index in [1.54, 1.807) is 19.1 Å². The van der Waals surface area contributed by atoms with Gasteiger partial charge in [0.2, 0.25) is 0 Å². The lowest BCUT2D eigenvalue weighted by molar-refractivity contribution is 0.0691. The first kappa shape index (κ1) is 17.5. The van der Waals surface area contributed by atoms with Crippen LogP contribution in [0.3, 0.4) is 0 Å². The van der Waals surface area contributed by atoms with Crippen LogP contribution in [0.4, 0.5) is 10.1 Å². The van der Waals surface area contributed by atoms with Gasteiger partial charge in [-0.15, -0.1) is 0 Å². The van der Waals surface area contributed by atoms with Crippen molar-refractivity contribution >= 4 is 52.2 Å². The number of pyridine rings is 1. The van der Waals surface area contributed by atoms with Crippen LogP contribution in [0.2, 0.25) is 15.2 Å². The number of aromatic nitrogens is 1. The summed E-state index contributed by atoms with van der Waals surface area (Å²) >= 11 is 17.7. The predicted molar refractivity (Wildman–Crippen MR) is 88.5 cm³/mol. The quantitative estimate of drug-likeness (QED) is 0.460. The zero-order valence-corrected chi connectivity index (χ0v) is 13.8. The molecular formula is C14H9Cl3FN3O2. The van der Waals surface area contributed by atoms with Crippen LogP contribution in [-0.4, -0.2) is 21.8 Å². The van der Waals surface area contributed by atoms with Crippen molar-refractivity contribution in [3.63, 3.8) is 0 Å². The van der Waals surface area contributed by atoms with Crippen LogP contribution in [0, 0.1) is 5.82 Å². The summed E-state index contributed by atoms with van der Waals surface area (Å²) in [7, 11) is 0. The maximum Gasteiger partial charge on any atom is 0.356 e. The Hall–Kier alpha value is -1.89. The molecule has 5 nitrogen and oxygen atoms in total. The summed E-state index contributed by atoms with van der Waals surface area (Å²) in [4.78, 5) is 14.7. The van der Waals surface area contributed by atoms with Crippen molar-refractivity contribution in [1.29, 1.82) is 0 Å². The largest absolute Gasteiger partial charge is 0.476 e. The highest BCUT2D eigenvalue weighted by molar-refractivity contribution is 6.46. The second-order valence-electron chi connectivity index (χ2n) is 4.38. The number of carboxylic acids is 1. The lowest BCUT2D eigenvalue weighted by Gasteiger charge is -2.10. The Labute approximate surface area is 145 Å². The fourth-order valence-corrected chi connectivity index (χ4v) is 2.32. The van der Waals surface area contributed by atoms with E-state index >= 15 is 0 Å². The Kier molecular flexibility index (Phi) is 5.41. The first-order chi connectivity index (χ1) is 10.8. The highest BCUT2D eigenvalue weighted by Gasteiger charge is 2.20. The third kappa shape index (κ3) is 3.90. The average molecular weight is 377 g/mol. The van der Waals surface area contributed by atoms with Gasteiger partial charge in [-0.05, 0) is 24.6 Å². The number of halogens is 4. The van der Waals surface area contributed by atoms with Crippen LogP contribution < -0.4 is 5.43 Å². The lowest BCUT2D eigenvalue weighted by Crippen LogP contribution is -2.06. The Morgan fingerprint density at radius 1 is 1.22 bits per heavy atom. The molecule has 2 N–H and O–H groups in total. The van der Waals surface area contributed by atoms with E-state index in [1.165, 1.54) is 12.1 Å². The summed E-state index contributed by atoms with van der Waals surface area (Å²) in [5.41, 5.74) is 3.31. The minimum atomic E-state index is -1.35. The molecule has 0 saturated carbocycles. The summed E-state index contributed by atoms with van der Waals surface area (Å²) in [6, 6.07) is 5.67. The van der Waals surface area contributed by atoms with Gasteiger partial charge in [-0.25, -0.2) is 14.2 Å². The molecule has 0 unspecified atom stereocenters. The molecule has 9 heteroatoms. The maximum atomic E-state index is 12.9. The predicted octanol–water partition coefficient (Wildman–Crippen LogP) is 4.72. The van der Waals surface area contributed by atoms with Crippen LogP contribution in [0.5, 0.6) is 0 Å². The van der Waals surface area contributed by atoms with E-state index in [1.807, 2.05) is 0 Å². The first-order valence-corrected chi connectivity index (χ1v) is 7.28. The molecule has 0 aliphatic carbocycles. The molecule has 0 amide bonds. The Bertz CT molecular complexity index is 795. The normalized spacial score (nSPS) is 11.4. The van der Waals surface area contributed by atoms with Gasteiger partial charge in [0.15, 0.2) is 10.8 Å². The van der Waals surface area contributed by atoms with Crippen molar-refractivity contribution in [2.45, 2.75) is 6.92 Å². The van der Waals surface area contributed by atoms with Gasteiger partial charge in [-0.2, -0.15) is 5.10 Å². The number of aromatic carboxylic acids is 1. The second kappa shape index (κ2) is 7.12. The summed E-state index contributed by atoms with van der Waals surface area (Å²) in [6.07, 6.45) is 0. The number of hydrazone groups is 1. The van der Waals surface area contributed by atoms with E-state index in [4.69, 9.17) is 39.9 Å². The van der Waals surface area contributed by atoms with Gasteiger partial charge in [0.25, 0.3) is 0 Å². The number of hydrogen-bond donors (Lipinski definition) is 2. The zero-order valence-electron chi connectivity index (χ0n) is 11.6. The molecule has 2 rings (SSSR count). The molecular weight excluding hydrogens is 368 g/mol. The van der Waals surface area contributed by atoms with E-state index in [0.717, 1.165) is 0 Å². The number of benzene rings is 1. The van der Waals surface area contributed by atoms with Crippen molar-refractivity contribution in [3.8, 4) is 0 Å². The Balaban J connectivity index is 2.38. The summed E-state index contributed by atoms with van der Waals surface area (Å²) in [6.45, 7) is 1.67. The molecule has 0 fully saturated rings. The topological polar surface area (TPSA) is 74.6 Å². The van der Waals surface area contributed by atoms with E-state index in [2.05, 4.69) is 15.5 Å². The van der Waals surface area contributed by atoms with E-state index in [-0.39, 0.29) is 26.7 Å². The van der Waals surface area contributed by atoms with Gasteiger partial charge in [0.05, 0.1) is 11.4 Å². The standard InChI is InChI=1S/C14H9Cl3FN3O2/c1-6(7-2-4-8(18)5-3-7)20-21-11-9(15)12(14(22)23)19-13(17)10(11)16/h2-5H,1H3,(H,19,21)(H,22,23)/b20-6+. The van der Waals surface area contributed by atoms with Crippen molar-refractivity contribution < 1.29 is 14.3 Å². The SMILES string of the molecule is C/C(=N\Nc1c(Cl)c(Cl)nc(C(=O)O)c1Cl)c1ccc(F)cc1. The van der Waals surface area contributed by atoms with Crippen molar-refractivity contribution in [2.75, 3.05) is 5.43 Å². The molecule has 0 bridgehead atoms. The molecule has 1 aromatic carbocycles. The Morgan fingerprint density at radius 2 is 1.83 bits per heavy atom. The highest BCUT2D eigenvalue weighted by atomic mass is 35.5. The van der Waals surface area contributed by atoms with Gasteiger partial charge < -0.3 is 5.11 Å². The fraction of sp³-hybridized carbons (Fsp3) is 0.0714. The molecule has 0 atom stereocenters. The molecule has 0 saturated heterocycles. The second-order valence-corrected chi connectivity index (χ2v) is 5.49. The van der Waals surface area contributed by atoms with Gasteiger partial charge in [0, 0.05) is 0 Å². The van der Waals surface area contributed by atoms with Crippen LogP contribution >= 0.6 is 34.8 Å². The average Bonchev–Trinajstić information content (AvgIpc) is 2.51. The van der Waals surface area contributed by atoms with Gasteiger partial charge >= 0.3 is 5.97 Å². The van der Waals surface area contributed by atoms with Gasteiger partial charge in [-0.1, -0.05) is 46.9 Å². The minimum Gasteiger partial charge on any atom is -0.476 e. The fourth-order valence-electron chi connectivity index (χ4n) is 1.65. The molecule has 0 spiro atoms. The number of anilines is 1. The number of rotatable bonds is 4. The molecule has 2 aromatic rings. The number of nitrogens with one attached hydrogen (secondary N) is 1. The van der Waals surface area contributed by atoms with Gasteiger partial charge in [-0.3, -0.25) is 5.43 Å². The smallest absolute Gasteiger partial charge is 0.356 e. The monoisotopic (exact) mass is 375 g/mol. The number of hydrogen-bond acceptors (Lipinski definition) is 4. The molecule has 0 aliphatic heterocycles. The molecule has 0 aliphatic rings. The van der Waals surface area contributed by atoms with Crippen LogP contribution in [-0.2, 0) is 0 Å². The van der Waals surface area contributed by atoms with Crippen LogP contribution in [0.25, 0.3) is 0 Å².